The molecule has 0 saturated carbocycles. The lowest BCUT2D eigenvalue weighted by molar-refractivity contribution is 0.388. The van der Waals surface area contributed by atoms with Crippen LogP contribution in [-0.2, 0) is 0 Å². The Kier molecular flexibility index (Phi) is 5.40. The minimum atomic E-state index is 0.460. The van der Waals surface area contributed by atoms with Crippen LogP contribution in [0.2, 0.25) is 0 Å². The molecule has 0 spiro atoms. The van der Waals surface area contributed by atoms with Crippen molar-refractivity contribution in [2.24, 2.45) is 5.41 Å². The lowest BCUT2D eigenvalue weighted by atomic mass is 9.89. The van der Waals surface area contributed by atoms with Crippen LogP contribution in [0.3, 0.4) is 0 Å². The summed E-state index contributed by atoms with van der Waals surface area (Å²) < 4.78 is 0.792. The summed E-state index contributed by atoms with van der Waals surface area (Å²) in [5.74, 6) is 0. The van der Waals surface area contributed by atoms with Gasteiger partial charge in [-0.15, -0.1) is 6.58 Å². The van der Waals surface area contributed by atoms with E-state index in [0.29, 0.717) is 5.41 Å². The first-order chi connectivity index (χ1) is 4.98. The molecule has 1 atom stereocenters. The van der Waals surface area contributed by atoms with Crippen molar-refractivity contribution in [3.05, 3.63) is 12.7 Å². The van der Waals surface area contributed by atoms with E-state index in [1.807, 2.05) is 6.08 Å². The van der Waals surface area contributed by atoms with E-state index in [-0.39, 0.29) is 0 Å². The third-order valence-electron chi connectivity index (χ3n) is 1.81. The average Bonchev–Trinajstić information content (AvgIpc) is 1.86. The van der Waals surface area contributed by atoms with Crippen LogP contribution < -0.4 is 0 Å². The summed E-state index contributed by atoms with van der Waals surface area (Å²) in [5.41, 5.74) is 0.460. The lowest BCUT2D eigenvalue weighted by Gasteiger charge is -2.25. The fraction of sp³-hybridized carbons (Fsp3) is 0.800. The fourth-order valence-corrected chi connectivity index (χ4v) is 1.31. The number of hydrogen-bond donors (Lipinski definition) is 0. The number of alkyl halides is 1. The molecule has 0 aliphatic rings. The van der Waals surface area contributed by atoms with E-state index in [1.165, 1.54) is 12.8 Å². The molecular formula is C10H19I. The molecule has 0 N–H and O–H groups in total. The Balaban J connectivity index is 3.52. The first kappa shape index (κ1) is 11.5. The van der Waals surface area contributed by atoms with Crippen LogP contribution >= 0.6 is 22.6 Å². The Morgan fingerprint density at radius 3 is 2.36 bits per heavy atom. The van der Waals surface area contributed by atoms with Crippen LogP contribution in [0.5, 0.6) is 0 Å². The molecule has 0 aromatic carbocycles. The normalized spacial score (nSPS) is 14.5. The summed E-state index contributed by atoms with van der Waals surface area (Å²) in [4.78, 5) is 0. The van der Waals surface area contributed by atoms with Crippen LogP contribution in [0.1, 0.15) is 40.0 Å². The maximum Gasteiger partial charge on any atom is 0.0158 e. The number of unbranched alkanes of at least 4 members (excludes halogenated alkanes) is 1. The highest BCUT2D eigenvalue weighted by Gasteiger charge is 2.20. The van der Waals surface area contributed by atoms with Crippen molar-refractivity contribution >= 4 is 22.6 Å². The van der Waals surface area contributed by atoms with Crippen LogP contribution in [0, 0.1) is 5.41 Å². The van der Waals surface area contributed by atoms with Crippen LogP contribution in [0.4, 0.5) is 0 Å². The molecule has 0 saturated heterocycles. The van der Waals surface area contributed by atoms with E-state index in [4.69, 9.17) is 0 Å². The largest absolute Gasteiger partial charge is 0.103 e. The SMILES string of the molecule is C=CCCCC(I)C(C)(C)C. The molecule has 0 aliphatic heterocycles. The predicted octanol–water partition coefficient (Wildman–Crippen LogP) is 4.19. The maximum atomic E-state index is 3.72. The Labute approximate surface area is 84.6 Å². The standard InChI is InChI=1S/C10H19I/c1-5-6-7-8-9(11)10(2,3)4/h5,9H,1,6-8H2,2-4H3. The van der Waals surface area contributed by atoms with E-state index >= 15 is 0 Å². The van der Waals surface area contributed by atoms with Gasteiger partial charge in [-0.1, -0.05) is 49.4 Å². The zero-order chi connectivity index (χ0) is 8.91. The lowest BCUT2D eigenvalue weighted by Crippen LogP contribution is -2.19. The first-order valence-electron chi connectivity index (χ1n) is 4.23. The third-order valence-corrected chi connectivity index (χ3v) is 4.30. The monoisotopic (exact) mass is 266 g/mol. The average molecular weight is 266 g/mol. The molecule has 11 heavy (non-hydrogen) atoms. The van der Waals surface area contributed by atoms with Crippen LogP contribution in [0.15, 0.2) is 12.7 Å². The summed E-state index contributed by atoms with van der Waals surface area (Å²) in [6, 6.07) is 0. The van der Waals surface area contributed by atoms with Gasteiger partial charge in [0, 0.05) is 3.92 Å². The summed E-state index contributed by atoms with van der Waals surface area (Å²) in [6.45, 7) is 10.6. The molecule has 1 heteroatoms. The van der Waals surface area contributed by atoms with Crippen molar-refractivity contribution in [3.8, 4) is 0 Å². The van der Waals surface area contributed by atoms with Gasteiger partial charge in [0.05, 0.1) is 0 Å². The minimum Gasteiger partial charge on any atom is -0.103 e. The van der Waals surface area contributed by atoms with Gasteiger partial charge in [-0.2, -0.15) is 0 Å². The van der Waals surface area contributed by atoms with Crippen molar-refractivity contribution in [3.63, 3.8) is 0 Å². The molecule has 0 aromatic heterocycles. The second-order valence-corrected chi connectivity index (χ2v) is 5.56. The van der Waals surface area contributed by atoms with Gasteiger partial charge in [0.25, 0.3) is 0 Å². The van der Waals surface area contributed by atoms with Gasteiger partial charge < -0.3 is 0 Å². The summed E-state index contributed by atoms with van der Waals surface area (Å²) >= 11 is 2.55. The summed E-state index contributed by atoms with van der Waals surface area (Å²) in [7, 11) is 0. The molecule has 0 radical (unpaired) electrons. The van der Waals surface area contributed by atoms with E-state index in [9.17, 15) is 0 Å². The molecule has 0 amide bonds. The van der Waals surface area contributed by atoms with E-state index in [2.05, 4.69) is 49.9 Å². The molecule has 0 rings (SSSR count). The van der Waals surface area contributed by atoms with Crippen LogP contribution in [-0.4, -0.2) is 3.92 Å². The maximum absolute atomic E-state index is 3.72. The Hall–Kier alpha value is 0.470. The number of hydrogen-bond acceptors (Lipinski definition) is 0. The number of halogens is 1. The number of rotatable bonds is 4. The second-order valence-electron chi connectivity index (χ2n) is 4.05. The highest BCUT2D eigenvalue weighted by atomic mass is 127. The van der Waals surface area contributed by atoms with Crippen molar-refractivity contribution in [1.82, 2.24) is 0 Å². The Morgan fingerprint density at radius 2 is 2.00 bits per heavy atom. The molecular weight excluding hydrogens is 247 g/mol. The van der Waals surface area contributed by atoms with E-state index in [1.54, 1.807) is 0 Å². The molecule has 0 heterocycles. The number of allylic oxidation sites excluding steroid dienone is 1. The predicted molar refractivity (Wildman–Crippen MR) is 61.3 cm³/mol. The molecule has 0 fully saturated rings. The molecule has 0 bridgehead atoms. The topological polar surface area (TPSA) is 0 Å². The first-order valence-corrected chi connectivity index (χ1v) is 5.48. The van der Waals surface area contributed by atoms with Gasteiger partial charge in [-0.25, -0.2) is 0 Å². The molecule has 1 unspecified atom stereocenters. The van der Waals surface area contributed by atoms with Crippen LogP contribution in [0.25, 0.3) is 0 Å². The molecule has 0 aliphatic carbocycles. The Bertz CT molecular complexity index is 111. The molecule has 66 valence electrons. The second kappa shape index (κ2) is 5.18. The van der Waals surface area contributed by atoms with Crippen molar-refractivity contribution < 1.29 is 0 Å². The van der Waals surface area contributed by atoms with Crippen molar-refractivity contribution in [2.45, 2.75) is 44.0 Å². The summed E-state index contributed by atoms with van der Waals surface area (Å²) in [5, 5.41) is 0. The highest BCUT2D eigenvalue weighted by Crippen LogP contribution is 2.30. The van der Waals surface area contributed by atoms with Gasteiger partial charge >= 0.3 is 0 Å². The fourth-order valence-electron chi connectivity index (χ4n) is 0.874. The zero-order valence-corrected chi connectivity index (χ0v) is 10.0. The van der Waals surface area contributed by atoms with Gasteiger partial charge in [-0.3, -0.25) is 0 Å². The summed E-state index contributed by atoms with van der Waals surface area (Å²) in [6.07, 6.45) is 5.77. The van der Waals surface area contributed by atoms with Crippen molar-refractivity contribution in [2.75, 3.05) is 0 Å². The van der Waals surface area contributed by atoms with Crippen molar-refractivity contribution in [1.29, 1.82) is 0 Å². The zero-order valence-electron chi connectivity index (χ0n) is 7.86. The Morgan fingerprint density at radius 1 is 1.45 bits per heavy atom. The van der Waals surface area contributed by atoms with E-state index in [0.717, 1.165) is 10.3 Å². The van der Waals surface area contributed by atoms with Gasteiger partial charge in [0.15, 0.2) is 0 Å². The third kappa shape index (κ3) is 5.71. The quantitative estimate of drug-likeness (QED) is 0.310. The minimum absolute atomic E-state index is 0.460. The smallest absolute Gasteiger partial charge is 0.0158 e. The van der Waals surface area contributed by atoms with Gasteiger partial charge in [-0.05, 0) is 24.7 Å². The molecule has 0 nitrogen and oxygen atoms in total. The molecule has 0 aromatic rings. The van der Waals surface area contributed by atoms with Gasteiger partial charge in [0.1, 0.15) is 0 Å². The van der Waals surface area contributed by atoms with Gasteiger partial charge in [0.2, 0.25) is 0 Å². The van der Waals surface area contributed by atoms with E-state index < -0.39 is 0 Å². The highest BCUT2D eigenvalue weighted by molar-refractivity contribution is 14.1.